The van der Waals surface area contributed by atoms with Gasteiger partial charge >= 0.3 is 0 Å². The minimum atomic E-state index is -1.17. The van der Waals surface area contributed by atoms with Crippen molar-refractivity contribution in [1.29, 1.82) is 0 Å². The summed E-state index contributed by atoms with van der Waals surface area (Å²) < 4.78 is 1.23. The molecule has 0 aliphatic heterocycles. The molecule has 0 bridgehead atoms. The third kappa shape index (κ3) is 3.14. The molecule has 0 radical (unpaired) electrons. The van der Waals surface area contributed by atoms with Crippen LogP contribution in [0, 0.1) is 6.92 Å². The fourth-order valence-corrected chi connectivity index (χ4v) is 2.54. The number of aromatic amines is 1. The highest BCUT2D eigenvalue weighted by molar-refractivity contribution is 5.99. The average Bonchev–Trinajstić information content (AvgIpc) is 3.04. The van der Waals surface area contributed by atoms with Crippen molar-refractivity contribution in [3.63, 3.8) is 0 Å². The second-order valence-corrected chi connectivity index (χ2v) is 5.44. The van der Waals surface area contributed by atoms with E-state index in [-0.39, 0.29) is 16.8 Å². The molecule has 0 aliphatic rings. The highest BCUT2D eigenvalue weighted by atomic mass is 16.3. The largest absolute Gasteiger partial charge is 0.371 e. The number of aromatic nitrogens is 4. The molecule has 1 amide bonds. The van der Waals surface area contributed by atoms with Gasteiger partial charge in [-0.15, -0.1) is 0 Å². The van der Waals surface area contributed by atoms with Gasteiger partial charge in [-0.1, -0.05) is 13.0 Å². The summed E-state index contributed by atoms with van der Waals surface area (Å²) in [5.74, 6) is -0.538. The first-order valence-electron chi connectivity index (χ1n) is 7.77. The molecule has 0 aromatic carbocycles. The molecule has 0 spiro atoms. The van der Waals surface area contributed by atoms with Crippen molar-refractivity contribution < 1.29 is 9.90 Å². The SMILES string of the molecule is CCc1c(C)nc2c(C(=O)NNC(O)c3ccccn3)c[nH]n2c1=O. The lowest BCUT2D eigenvalue weighted by atomic mass is 10.2. The summed E-state index contributed by atoms with van der Waals surface area (Å²) in [7, 11) is 0. The summed E-state index contributed by atoms with van der Waals surface area (Å²) in [6.07, 6.45) is 2.32. The number of aryl methyl sites for hydroxylation is 1. The third-order valence-electron chi connectivity index (χ3n) is 3.85. The Kier molecular flexibility index (Phi) is 4.59. The third-order valence-corrected chi connectivity index (χ3v) is 3.85. The smallest absolute Gasteiger partial charge is 0.276 e. The van der Waals surface area contributed by atoms with Crippen LogP contribution in [0.15, 0.2) is 35.4 Å². The van der Waals surface area contributed by atoms with Gasteiger partial charge in [0.1, 0.15) is 5.56 Å². The number of carbonyl (C=O) groups is 1. The highest BCUT2D eigenvalue weighted by Gasteiger charge is 2.18. The van der Waals surface area contributed by atoms with Crippen molar-refractivity contribution >= 4 is 11.6 Å². The van der Waals surface area contributed by atoms with Crippen molar-refractivity contribution in [2.45, 2.75) is 26.5 Å². The van der Waals surface area contributed by atoms with Crippen molar-refractivity contribution in [2.24, 2.45) is 0 Å². The van der Waals surface area contributed by atoms with E-state index in [9.17, 15) is 14.7 Å². The first-order valence-corrected chi connectivity index (χ1v) is 7.77. The summed E-state index contributed by atoms with van der Waals surface area (Å²) >= 11 is 0. The molecule has 9 nitrogen and oxygen atoms in total. The van der Waals surface area contributed by atoms with Gasteiger partial charge in [0, 0.05) is 23.7 Å². The van der Waals surface area contributed by atoms with E-state index in [2.05, 4.69) is 25.9 Å². The van der Waals surface area contributed by atoms with Crippen LogP contribution in [0.25, 0.3) is 5.65 Å². The molecule has 4 N–H and O–H groups in total. The van der Waals surface area contributed by atoms with Crippen LogP contribution >= 0.6 is 0 Å². The molecule has 9 heteroatoms. The molecule has 1 unspecified atom stereocenters. The highest BCUT2D eigenvalue weighted by Crippen LogP contribution is 2.10. The molecule has 1 atom stereocenters. The van der Waals surface area contributed by atoms with E-state index >= 15 is 0 Å². The Balaban J connectivity index is 1.82. The van der Waals surface area contributed by atoms with E-state index in [0.29, 0.717) is 23.4 Å². The zero-order valence-electron chi connectivity index (χ0n) is 13.8. The fourth-order valence-electron chi connectivity index (χ4n) is 2.54. The lowest BCUT2D eigenvalue weighted by Gasteiger charge is -2.12. The Hall–Kier alpha value is -3.04. The van der Waals surface area contributed by atoms with Gasteiger partial charge in [0.25, 0.3) is 11.5 Å². The molecule has 130 valence electrons. The van der Waals surface area contributed by atoms with Gasteiger partial charge in [-0.05, 0) is 25.5 Å². The lowest BCUT2D eigenvalue weighted by molar-refractivity contribution is 0.0795. The first kappa shape index (κ1) is 16.8. The number of H-pyrrole nitrogens is 1. The van der Waals surface area contributed by atoms with Crippen molar-refractivity contribution in [1.82, 2.24) is 30.4 Å². The number of rotatable bonds is 5. The maximum atomic E-state index is 12.4. The molecule has 25 heavy (non-hydrogen) atoms. The zero-order chi connectivity index (χ0) is 18.0. The molecular weight excluding hydrogens is 324 g/mol. The second-order valence-electron chi connectivity index (χ2n) is 5.44. The van der Waals surface area contributed by atoms with Crippen LogP contribution < -0.4 is 16.4 Å². The normalized spacial score (nSPS) is 12.3. The number of carbonyl (C=O) groups excluding carboxylic acids is 1. The average molecular weight is 342 g/mol. The number of nitrogens with one attached hydrogen (secondary N) is 3. The van der Waals surface area contributed by atoms with E-state index in [0.717, 1.165) is 0 Å². The Morgan fingerprint density at radius 3 is 2.92 bits per heavy atom. The molecule has 0 fully saturated rings. The van der Waals surface area contributed by atoms with E-state index in [1.807, 2.05) is 6.92 Å². The molecule has 0 saturated heterocycles. The van der Waals surface area contributed by atoms with Gasteiger partial charge in [0.15, 0.2) is 11.9 Å². The molecule has 3 aromatic rings. The van der Waals surface area contributed by atoms with Crippen molar-refractivity contribution in [3.05, 3.63) is 63.5 Å². The number of fused-ring (bicyclic) bond motifs is 1. The number of aliphatic hydroxyl groups excluding tert-OH is 1. The summed E-state index contributed by atoms with van der Waals surface area (Å²) in [5, 5.41) is 12.7. The van der Waals surface area contributed by atoms with Crippen LogP contribution in [-0.2, 0) is 6.42 Å². The van der Waals surface area contributed by atoms with Crippen LogP contribution in [0.1, 0.15) is 40.5 Å². The van der Waals surface area contributed by atoms with E-state index < -0.39 is 12.1 Å². The number of hydrogen-bond donors (Lipinski definition) is 4. The van der Waals surface area contributed by atoms with Crippen LogP contribution in [-0.4, -0.2) is 30.6 Å². The Morgan fingerprint density at radius 2 is 2.24 bits per heavy atom. The first-order chi connectivity index (χ1) is 12.0. The van der Waals surface area contributed by atoms with Crippen LogP contribution in [0.2, 0.25) is 0 Å². The van der Waals surface area contributed by atoms with Crippen LogP contribution in [0.4, 0.5) is 0 Å². The van der Waals surface area contributed by atoms with Gasteiger partial charge in [-0.2, -0.15) is 0 Å². The molecule has 3 heterocycles. The summed E-state index contributed by atoms with van der Waals surface area (Å²) in [6, 6.07) is 5.06. The Labute approximate surface area is 142 Å². The second kappa shape index (κ2) is 6.83. The number of nitrogens with zero attached hydrogens (tertiary/aromatic N) is 3. The van der Waals surface area contributed by atoms with Crippen molar-refractivity contribution in [3.8, 4) is 0 Å². The quantitative estimate of drug-likeness (QED) is 0.388. The monoisotopic (exact) mass is 342 g/mol. The van der Waals surface area contributed by atoms with E-state index in [4.69, 9.17) is 0 Å². The number of aliphatic hydroxyl groups is 1. The molecule has 0 saturated carbocycles. The summed E-state index contributed by atoms with van der Waals surface area (Å²) in [6.45, 7) is 3.61. The van der Waals surface area contributed by atoms with Gasteiger partial charge < -0.3 is 5.11 Å². The molecule has 3 rings (SSSR count). The Bertz CT molecular complexity index is 963. The number of amides is 1. The van der Waals surface area contributed by atoms with Gasteiger partial charge in [-0.25, -0.2) is 14.9 Å². The number of hydrazine groups is 1. The number of hydrogen-bond acceptors (Lipinski definition) is 6. The fraction of sp³-hybridized carbons (Fsp3) is 0.250. The van der Waals surface area contributed by atoms with Gasteiger partial charge in [-0.3, -0.25) is 25.1 Å². The number of pyridine rings is 1. The van der Waals surface area contributed by atoms with Crippen molar-refractivity contribution in [2.75, 3.05) is 0 Å². The maximum absolute atomic E-state index is 12.4. The van der Waals surface area contributed by atoms with Crippen LogP contribution in [0.5, 0.6) is 0 Å². The zero-order valence-corrected chi connectivity index (χ0v) is 13.8. The van der Waals surface area contributed by atoms with Crippen LogP contribution in [0.3, 0.4) is 0 Å². The van der Waals surface area contributed by atoms with Gasteiger partial charge in [0.2, 0.25) is 0 Å². The lowest BCUT2D eigenvalue weighted by Crippen LogP contribution is -2.40. The maximum Gasteiger partial charge on any atom is 0.276 e. The molecular formula is C16H18N6O3. The molecule has 0 aliphatic carbocycles. The summed E-state index contributed by atoms with van der Waals surface area (Å²) in [4.78, 5) is 33.0. The minimum absolute atomic E-state index is 0.184. The molecule has 3 aromatic heterocycles. The minimum Gasteiger partial charge on any atom is -0.371 e. The predicted molar refractivity (Wildman–Crippen MR) is 89.7 cm³/mol. The van der Waals surface area contributed by atoms with Gasteiger partial charge in [0.05, 0.1) is 5.69 Å². The standard InChI is InChI=1S/C16H18N6O3/c1-3-10-9(2)19-13-11(8-18-22(13)16(10)25)14(23)20-21-15(24)12-6-4-5-7-17-12/h4-8,15,18,21,24H,3H2,1-2H3,(H,20,23). The van der Waals surface area contributed by atoms with E-state index in [1.54, 1.807) is 25.1 Å². The van der Waals surface area contributed by atoms with E-state index in [1.165, 1.54) is 16.9 Å². The Morgan fingerprint density at radius 1 is 1.44 bits per heavy atom. The predicted octanol–water partition coefficient (Wildman–Crippen LogP) is 0.214. The summed E-state index contributed by atoms with van der Waals surface area (Å²) in [5.41, 5.74) is 6.58. The topological polar surface area (TPSA) is 124 Å².